The molecule has 0 aromatic heterocycles. The zero-order chi connectivity index (χ0) is 25.7. The van der Waals surface area contributed by atoms with E-state index < -0.39 is 4.92 Å². The number of benzene rings is 3. The predicted molar refractivity (Wildman–Crippen MR) is 138 cm³/mol. The molecule has 0 radical (unpaired) electrons. The molecule has 8 nitrogen and oxygen atoms in total. The zero-order valence-electron chi connectivity index (χ0n) is 19.8. The molecule has 36 heavy (non-hydrogen) atoms. The third-order valence-corrected chi connectivity index (χ3v) is 6.51. The van der Waals surface area contributed by atoms with Crippen LogP contribution in [-0.2, 0) is 17.9 Å². The highest BCUT2D eigenvalue weighted by atomic mass is 32.2. The standard InChI is InChI=1S/C27H24N2O6S/c1-3-34-24-14-19(12-13-23(24)35-17-21-10-6-7-11-22(21)29(32)33)15-25-26(30)28(27(31)36-25)16-20-9-5-4-8-18(20)2/h4-15H,3,16-17H2,1-2H3/b25-15-. The van der Waals surface area contributed by atoms with E-state index in [2.05, 4.69) is 0 Å². The molecule has 0 unspecified atom stereocenters. The van der Waals surface area contributed by atoms with Crippen molar-refractivity contribution in [3.63, 3.8) is 0 Å². The third kappa shape index (κ3) is 5.58. The van der Waals surface area contributed by atoms with Crippen molar-refractivity contribution in [1.82, 2.24) is 4.90 Å². The summed E-state index contributed by atoms with van der Waals surface area (Å²) < 4.78 is 11.6. The number of hydrogen-bond acceptors (Lipinski definition) is 7. The van der Waals surface area contributed by atoms with Gasteiger partial charge in [0.15, 0.2) is 11.5 Å². The number of nitrogens with zero attached hydrogens (tertiary/aromatic N) is 2. The number of nitro benzene ring substituents is 1. The first-order valence-corrected chi connectivity index (χ1v) is 12.1. The summed E-state index contributed by atoms with van der Waals surface area (Å²) in [6, 6.07) is 19.2. The largest absolute Gasteiger partial charge is 0.490 e. The Labute approximate surface area is 212 Å². The Hall–Kier alpha value is -4.11. The van der Waals surface area contributed by atoms with Crippen LogP contribution in [0, 0.1) is 17.0 Å². The lowest BCUT2D eigenvalue weighted by Gasteiger charge is -2.14. The highest BCUT2D eigenvalue weighted by molar-refractivity contribution is 8.18. The van der Waals surface area contributed by atoms with Crippen LogP contribution in [0.4, 0.5) is 10.5 Å². The molecule has 0 spiro atoms. The average molecular weight is 505 g/mol. The Bertz CT molecular complexity index is 1350. The lowest BCUT2D eigenvalue weighted by atomic mass is 10.1. The highest BCUT2D eigenvalue weighted by Gasteiger charge is 2.35. The van der Waals surface area contributed by atoms with Gasteiger partial charge in [-0.3, -0.25) is 24.6 Å². The first-order valence-electron chi connectivity index (χ1n) is 11.3. The van der Waals surface area contributed by atoms with Crippen LogP contribution in [0.25, 0.3) is 6.08 Å². The molecule has 0 bridgehead atoms. The van der Waals surface area contributed by atoms with Crippen molar-refractivity contribution < 1.29 is 24.0 Å². The van der Waals surface area contributed by atoms with Crippen LogP contribution in [-0.4, -0.2) is 27.6 Å². The number of aryl methyl sites for hydroxylation is 1. The van der Waals surface area contributed by atoms with Crippen LogP contribution in [0.2, 0.25) is 0 Å². The molecule has 1 heterocycles. The molecule has 184 valence electrons. The Morgan fingerprint density at radius 3 is 2.42 bits per heavy atom. The average Bonchev–Trinajstić information content (AvgIpc) is 3.12. The van der Waals surface area contributed by atoms with Gasteiger partial charge in [-0.2, -0.15) is 0 Å². The molecular weight excluding hydrogens is 480 g/mol. The van der Waals surface area contributed by atoms with Crippen molar-refractivity contribution in [3.8, 4) is 11.5 Å². The quantitative estimate of drug-likeness (QED) is 0.197. The van der Waals surface area contributed by atoms with Gasteiger partial charge < -0.3 is 9.47 Å². The molecule has 9 heteroatoms. The van der Waals surface area contributed by atoms with E-state index in [1.807, 2.05) is 38.1 Å². The van der Waals surface area contributed by atoms with Gasteiger partial charge in [-0.15, -0.1) is 0 Å². The summed E-state index contributed by atoms with van der Waals surface area (Å²) in [5.74, 6) is 0.506. The number of rotatable bonds is 9. The van der Waals surface area contributed by atoms with Crippen molar-refractivity contribution in [2.45, 2.75) is 27.0 Å². The fourth-order valence-electron chi connectivity index (χ4n) is 3.71. The summed E-state index contributed by atoms with van der Waals surface area (Å²) in [6.45, 7) is 4.36. The normalized spacial score (nSPS) is 14.4. The van der Waals surface area contributed by atoms with Crippen LogP contribution >= 0.6 is 11.8 Å². The Kier molecular flexibility index (Phi) is 7.70. The second-order valence-electron chi connectivity index (χ2n) is 8.01. The summed E-state index contributed by atoms with van der Waals surface area (Å²) in [5, 5.41) is 10.9. The fourth-order valence-corrected chi connectivity index (χ4v) is 4.55. The van der Waals surface area contributed by atoms with E-state index in [1.54, 1.807) is 42.5 Å². The third-order valence-electron chi connectivity index (χ3n) is 5.60. The second-order valence-corrected chi connectivity index (χ2v) is 9.00. The van der Waals surface area contributed by atoms with Gasteiger partial charge in [-0.25, -0.2) is 0 Å². The summed E-state index contributed by atoms with van der Waals surface area (Å²) in [4.78, 5) is 37.9. The molecule has 0 atom stereocenters. The van der Waals surface area contributed by atoms with Gasteiger partial charge in [0.2, 0.25) is 0 Å². The first kappa shape index (κ1) is 25.0. The SMILES string of the molecule is CCOc1cc(/C=C2\SC(=O)N(Cc3ccccc3C)C2=O)ccc1OCc1ccccc1[N+](=O)[O-]. The molecule has 2 amide bonds. The Morgan fingerprint density at radius 1 is 0.972 bits per heavy atom. The van der Waals surface area contributed by atoms with Gasteiger partial charge in [-0.05, 0) is 66.6 Å². The summed E-state index contributed by atoms with van der Waals surface area (Å²) in [5.41, 5.74) is 3.01. The molecule has 0 N–H and O–H groups in total. The zero-order valence-corrected chi connectivity index (χ0v) is 20.6. The monoisotopic (exact) mass is 504 g/mol. The minimum atomic E-state index is -0.447. The maximum Gasteiger partial charge on any atom is 0.293 e. The molecule has 3 aromatic carbocycles. The topological polar surface area (TPSA) is 99.0 Å². The number of imide groups is 1. The van der Waals surface area contributed by atoms with E-state index in [9.17, 15) is 19.7 Å². The number of hydrogen-bond donors (Lipinski definition) is 0. The summed E-state index contributed by atoms with van der Waals surface area (Å²) >= 11 is 0.900. The van der Waals surface area contributed by atoms with Crippen LogP contribution in [0.3, 0.4) is 0 Å². The van der Waals surface area contributed by atoms with E-state index in [0.29, 0.717) is 34.1 Å². The van der Waals surface area contributed by atoms with E-state index in [1.165, 1.54) is 11.0 Å². The first-order chi connectivity index (χ1) is 17.4. The lowest BCUT2D eigenvalue weighted by Crippen LogP contribution is -2.27. The van der Waals surface area contributed by atoms with Gasteiger partial charge in [0.1, 0.15) is 6.61 Å². The number of nitro groups is 1. The number of carbonyl (C=O) groups excluding carboxylic acids is 2. The van der Waals surface area contributed by atoms with Crippen molar-refractivity contribution in [1.29, 1.82) is 0 Å². The maximum atomic E-state index is 13.0. The summed E-state index contributed by atoms with van der Waals surface area (Å²) in [6.07, 6.45) is 1.65. The van der Waals surface area contributed by atoms with Crippen molar-refractivity contribution in [2.75, 3.05) is 6.61 Å². The second kappa shape index (κ2) is 11.1. The van der Waals surface area contributed by atoms with E-state index in [4.69, 9.17) is 9.47 Å². The number of amides is 2. The molecule has 1 fully saturated rings. The Balaban J connectivity index is 1.53. The fraction of sp³-hybridized carbons (Fsp3) is 0.185. The molecule has 4 rings (SSSR count). The maximum absolute atomic E-state index is 13.0. The Morgan fingerprint density at radius 2 is 1.69 bits per heavy atom. The van der Waals surface area contributed by atoms with Crippen molar-refractivity contribution in [2.24, 2.45) is 0 Å². The van der Waals surface area contributed by atoms with Gasteiger partial charge in [-0.1, -0.05) is 42.5 Å². The number of thioether (sulfide) groups is 1. The van der Waals surface area contributed by atoms with E-state index >= 15 is 0 Å². The van der Waals surface area contributed by atoms with Gasteiger partial charge >= 0.3 is 0 Å². The van der Waals surface area contributed by atoms with E-state index in [0.717, 1.165) is 22.9 Å². The van der Waals surface area contributed by atoms with E-state index in [-0.39, 0.29) is 30.0 Å². The van der Waals surface area contributed by atoms with Gasteiger partial charge in [0.05, 0.1) is 28.5 Å². The minimum Gasteiger partial charge on any atom is -0.490 e. The molecule has 1 saturated heterocycles. The van der Waals surface area contributed by atoms with Crippen LogP contribution in [0.15, 0.2) is 71.6 Å². The van der Waals surface area contributed by atoms with Gasteiger partial charge in [0, 0.05) is 6.07 Å². The molecule has 0 aliphatic carbocycles. The van der Waals surface area contributed by atoms with Crippen molar-refractivity contribution >= 4 is 34.7 Å². The lowest BCUT2D eigenvalue weighted by molar-refractivity contribution is -0.385. The molecule has 3 aromatic rings. The van der Waals surface area contributed by atoms with Gasteiger partial charge in [0.25, 0.3) is 16.8 Å². The minimum absolute atomic E-state index is 0.00559. The number of carbonyl (C=O) groups is 2. The smallest absolute Gasteiger partial charge is 0.293 e. The molecular formula is C27H24N2O6S. The van der Waals surface area contributed by atoms with Crippen LogP contribution in [0.1, 0.15) is 29.2 Å². The van der Waals surface area contributed by atoms with Crippen molar-refractivity contribution in [3.05, 3.63) is 104 Å². The number of ether oxygens (including phenoxy) is 2. The number of para-hydroxylation sites is 1. The highest BCUT2D eigenvalue weighted by Crippen LogP contribution is 2.36. The van der Waals surface area contributed by atoms with Crippen LogP contribution < -0.4 is 9.47 Å². The molecule has 1 aliphatic rings. The van der Waals surface area contributed by atoms with Crippen LogP contribution in [0.5, 0.6) is 11.5 Å². The molecule has 1 aliphatic heterocycles. The summed E-state index contributed by atoms with van der Waals surface area (Å²) in [7, 11) is 0. The predicted octanol–water partition coefficient (Wildman–Crippen LogP) is 6.12. The molecule has 0 saturated carbocycles.